The minimum atomic E-state index is -4.78. The molecule has 2 aromatic carbocycles. The lowest BCUT2D eigenvalue weighted by Gasteiger charge is -2.11. The van der Waals surface area contributed by atoms with Crippen molar-refractivity contribution in [2.45, 2.75) is 6.36 Å². The molecule has 2 rings (SSSR count). The number of nitrogens with one attached hydrogen (secondary N) is 2. The minimum absolute atomic E-state index is 0.162. The summed E-state index contributed by atoms with van der Waals surface area (Å²) in [5.74, 6) is -1.48. The van der Waals surface area contributed by atoms with E-state index >= 15 is 0 Å². The first-order valence-corrected chi connectivity index (χ1v) is 7.03. The summed E-state index contributed by atoms with van der Waals surface area (Å²) < 4.78 is 39.9. The Hall–Kier alpha value is -3.23. The number of anilines is 2. The third-order valence-corrected chi connectivity index (χ3v) is 3.00. The third kappa shape index (κ3) is 5.72. The van der Waals surface area contributed by atoms with Gasteiger partial charge in [0.25, 0.3) is 5.91 Å². The van der Waals surface area contributed by atoms with E-state index in [1.165, 1.54) is 18.2 Å². The molecule has 0 heterocycles. The second kappa shape index (κ2) is 7.56. The van der Waals surface area contributed by atoms with Crippen molar-refractivity contribution in [1.82, 2.24) is 0 Å². The Bertz CT molecular complexity index is 761. The molecule has 0 atom stereocenters. The number of hydrogen-bond donors (Lipinski definition) is 3. The molecular weight excluding hydrogens is 339 g/mol. The van der Waals surface area contributed by atoms with Gasteiger partial charge in [0.05, 0.1) is 12.1 Å². The summed E-state index contributed by atoms with van der Waals surface area (Å²) in [4.78, 5) is 23.2. The lowest BCUT2D eigenvalue weighted by Crippen LogP contribution is -2.23. The van der Waals surface area contributed by atoms with Gasteiger partial charge in [-0.05, 0) is 36.4 Å². The lowest BCUT2D eigenvalue weighted by atomic mass is 10.1. The molecule has 0 unspecified atom stereocenters. The van der Waals surface area contributed by atoms with Crippen molar-refractivity contribution in [1.29, 1.82) is 0 Å². The van der Waals surface area contributed by atoms with Crippen LogP contribution in [-0.4, -0.2) is 24.7 Å². The molecular formula is C16H14F3N3O3. The van der Waals surface area contributed by atoms with Gasteiger partial charge in [-0.25, -0.2) is 0 Å². The van der Waals surface area contributed by atoms with Gasteiger partial charge in [-0.1, -0.05) is 12.1 Å². The SMILES string of the molecule is NC(=O)c1ccccc1NCC(=O)Nc1ccc(OC(F)(F)F)cc1. The first-order valence-electron chi connectivity index (χ1n) is 7.03. The van der Waals surface area contributed by atoms with Crippen LogP contribution in [0, 0.1) is 0 Å². The quantitative estimate of drug-likeness (QED) is 0.744. The average molecular weight is 353 g/mol. The number of halogens is 3. The maximum Gasteiger partial charge on any atom is 0.573 e. The van der Waals surface area contributed by atoms with Crippen LogP contribution in [0.1, 0.15) is 10.4 Å². The van der Waals surface area contributed by atoms with Crippen LogP contribution in [0.25, 0.3) is 0 Å². The first-order chi connectivity index (χ1) is 11.7. The van der Waals surface area contributed by atoms with Gasteiger partial charge >= 0.3 is 6.36 Å². The molecule has 0 saturated heterocycles. The Labute approximate surface area is 140 Å². The number of carbonyl (C=O) groups excluding carboxylic acids is 2. The predicted molar refractivity (Wildman–Crippen MR) is 85.2 cm³/mol. The van der Waals surface area contributed by atoms with Gasteiger partial charge in [-0.2, -0.15) is 0 Å². The van der Waals surface area contributed by atoms with E-state index in [-0.39, 0.29) is 17.9 Å². The molecule has 0 bridgehead atoms. The van der Waals surface area contributed by atoms with Crippen LogP contribution in [-0.2, 0) is 4.79 Å². The molecule has 0 aromatic heterocycles. The second-order valence-electron chi connectivity index (χ2n) is 4.88. The number of carbonyl (C=O) groups is 2. The van der Waals surface area contributed by atoms with Gasteiger partial charge in [0.1, 0.15) is 5.75 Å². The van der Waals surface area contributed by atoms with Crippen LogP contribution in [0.15, 0.2) is 48.5 Å². The van der Waals surface area contributed by atoms with E-state index in [1.807, 2.05) is 0 Å². The minimum Gasteiger partial charge on any atom is -0.406 e. The van der Waals surface area contributed by atoms with Gasteiger partial charge in [0.2, 0.25) is 5.91 Å². The zero-order chi connectivity index (χ0) is 18.4. The molecule has 2 aromatic rings. The molecule has 0 radical (unpaired) electrons. The van der Waals surface area contributed by atoms with Crippen LogP contribution in [0.2, 0.25) is 0 Å². The maximum absolute atomic E-state index is 12.1. The number of hydrogen-bond acceptors (Lipinski definition) is 4. The van der Waals surface area contributed by atoms with E-state index in [1.54, 1.807) is 18.2 Å². The van der Waals surface area contributed by atoms with Gasteiger partial charge in [-0.15, -0.1) is 13.2 Å². The highest BCUT2D eigenvalue weighted by molar-refractivity contribution is 6.00. The topological polar surface area (TPSA) is 93.5 Å². The number of nitrogens with two attached hydrogens (primary N) is 1. The standard InChI is InChI=1S/C16H14F3N3O3/c17-16(18,19)25-11-7-5-10(6-8-11)22-14(23)9-21-13-4-2-1-3-12(13)15(20)24/h1-8,21H,9H2,(H2,20,24)(H,22,23). The summed E-state index contributed by atoms with van der Waals surface area (Å²) >= 11 is 0. The van der Waals surface area contributed by atoms with E-state index in [9.17, 15) is 22.8 Å². The summed E-state index contributed by atoms with van der Waals surface area (Å²) in [6, 6.07) is 11.1. The van der Waals surface area contributed by atoms with Crippen molar-refractivity contribution in [2.75, 3.05) is 17.2 Å². The fourth-order valence-corrected chi connectivity index (χ4v) is 1.97. The van der Waals surface area contributed by atoms with Gasteiger partial charge in [0, 0.05) is 11.4 Å². The molecule has 4 N–H and O–H groups in total. The third-order valence-electron chi connectivity index (χ3n) is 3.00. The highest BCUT2D eigenvalue weighted by Crippen LogP contribution is 2.24. The number of amides is 2. The Morgan fingerprint density at radius 3 is 2.28 bits per heavy atom. The molecule has 0 fully saturated rings. The maximum atomic E-state index is 12.1. The number of benzene rings is 2. The second-order valence-corrected chi connectivity index (χ2v) is 4.88. The summed E-state index contributed by atoms with van der Waals surface area (Å²) in [5, 5.41) is 5.27. The largest absolute Gasteiger partial charge is 0.573 e. The van der Waals surface area contributed by atoms with E-state index < -0.39 is 18.2 Å². The predicted octanol–water partition coefficient (Wildman–Crippen LogP) is 2.73. The van der Waals surface area contributed by atoms with Crippen LogP contribution >= 0.6 is 0 Å². The van der Waals surface area contributed by atoms with Gasteiger partial charge in [-0.3, -0.25) is 9.59 Å². The normalized spacial score (nSPS) is 10.8. The number of ether oxygens (including phenoxy) is 1. The molecule has 0 aliphatic carbocycles. The van der Waals surface area contributed by atoms with Crippen molar-refractivity contribution in [3.05, 3.63) is 54.1 Å². The Kier molecular flexibility index (Phi) is 5.48. The molecule has 0 aliphatic rings. The van der Waals surface area contributed by atoms with Crippen molar-refractivity contribution >= 4 is 23.2 Å². The number of rotatable bonds is 6. The van der Waals surface area contributed by atoms with Gasteiger partial charge < -0.3 is 21.1 Å². The van der Waals surface area contributed by atoms with Crippen molar-refractivity contribution < 1.29 is 27.5 Å². The zero-order valence-corrected chi connectivity index (χ0v) is 12.8. The fourth-order valence-electron chi connectivity index (χ4n) is 1.97. The Morgan fingerprint density at radius 1 is 1.04 bits per heavy atom. The monoisotopic (exact) mass is 353 g/mol. The highest BCUT2D eigenvalue weighted by atomic mass is 19.4. The van der Waals surface area contributed by atoms with E-state index in [0.29, 0.717) is 11.4 Å². The fraction of sp³-hybridized carbons (Fsp3) is 0.125. The first kappa shape index (κ1) is 18.1. The Morgan fingerprint density at radius 2 is 1.68 bits per heavy atom. The van der Waals surface area contributed by atoms with Crippen molar-refractivity contribution in [3.63, 3.8) is 0 Å². The summed E-state index contributed by atoms with van der Waals surface area (Å²) in [7, 11) is 0. The average Bonchev–Trinajstić information content (AvgIpc) is 2.53. The molecule has 2 amide bonds. The number of alkyl halides is 3. The summed E-state index contributed by atoms with van der Waals surface area (Å²) in [6.07, 6.45) is -4.78. The van der Waals surface area contributed by atoms with Crippen molar-refractivity contribution in [3.8, 4) is 5.75 Å². The smallest absolute Gasteiger partial charge is 0.406 e. The lowest BCUT2D eigenvalue weighted by molar-refractivity contribution is -0.274. The van der Waals surface area contributed by atoms with Crippen molar-refractivity contribution in [2.24, 2.45) is 5.73 Å². The summed E-state index contributed by atoms with van der Waals surface area (Å²) in [5.41, 5.74) is 6.17. The number of primary amides is 1. The molecule has 9 heteroatoms. The van der Waals surface area contributed by atoms with E-state index in [2.05, 4.69) is 15.4 Å². The van der Waals surface area contributed by atoms with E-state index in [4.69, 9.17) is 5.73 Å². The molecule has 6 nitrogen and oxygen atoms in total. The molecule has 0 saturated carbocycles. The number of para-hydroxylation sites is 1. The van der Waals surface area contributed by atoms with Crippen LogP contribution in [0.4, 0.5) is 24.5 Å². The summed E-state index contributed by atoms with van der Waals surface area (Å²) in [6.45, 7) is -0.162. The molecule has 0 aliphatic heterocycles. The molecule has 132 valence electrons. The molecule has 0 spiro atoms. The zero-order valence-electron chi connectivity index (χ0n) is 12.8. The molecule has 25 heavy (non-hydrogen) atoms. The van der Waals surface area contributed by atoms with Crippen LogP contribution < -0.4 is 21.1 Å². The Balaban J connectivity index is 1.92. The van der Waals surface area contributed by atoms with E-state index in [0.717, 1.165) is 12.1 Å². The van der Waals surface area contributed by atoms with Gasteiger partial charge in [0.15, 0.2) is 0 Å². The highest BCUT2D eigenvalue weighted by Gasteiger charge is 2.30. The van der Waals surface area contributed by atoms with Crippen LogP contribution in [0.3, 0.4) is 0 Å². The van der Waals surface area contributed by atoms with Crippen LogP contribution in [0.5, 0.6) is 5.75 Å².